The molecule has 1 aromatic rings. The van der Waals surface area contributed by atoms with Crippen LogP contribution in [0, 0.1) is 0 Å². The number of anilines is 2. The molecule has 2 aliphatic heterocycles. The van der Waals surface area contributed by atoms with E-state index in [0.29, 0.717) is 11.4 Å². The Kier molecular flexibility index (Phi) is 2.67. The average molecular weight is 272 g/mol. The zero-order valence-corrected chi connectivity index (χ0v) is 10.6. The Bertz CT molecular complexity index is 653. The lowest BCUT2D eigenvalue weighted by Gasteiger charge is -2.37. The predicted octanol–water partition coefficient (Wildman–Crippen LogP) is 0.435. The number of hydrogen-bond donors (Lipinski definition) is 3. The number of benzene rings is 1. The standard InChI is InChI=1S/C13H12N4O3/c1-20-11(18)8-6-14-15-7-13(8)12(19)16-9-4-2-3-5-10(9)17-13/h2-7,14,17H,1H3,(H,16,19). The van der Waals surface area contributed by atoms with E-state index in [-0.39, 0.29) is 5.57 Å². The summed E-state index contributed by atoms with van der Waals surface area (Å²) in [5, 5.41) is 9.68. The van der Waals surface area contributed by atoms with Gasteiger partial charge in [-0.25, -0.2) is 4.79 Å². The Morgan fingerprint density at radius 1 is 1.30 bits per heavy atom. The van der Waals surface area contributed by atoms with E-state index < -0.39 is 17.4 Å². The molecule has 0 saturated heterocycles. The van der Waals surface area contributed by atoms with Crippen LogP contribution in [0.3, 0.4) is 0 Å². The van der Waals surface area contributed by atoms with Gasteiger partial charge in [-0.15, -0.1) is 0 Å². The van der Waals surface area contributed by atoms with Crippen molar-refractivity contribution in [3.63, 3.8) is 0 Å². The van der Waals surface area contributed by atoms with Gasteiger partial charge in [0.15, 0.2) is 5.54 Å². The van der Waals surface area contributed by atoms with Crippen molar-refractivity contribution in [2.75, 3.05) is 17.7 Å². The maximum atomic E-state index is 12.4. The lowest BCUT2D eigenvalue weighted by Crippen LogP contribution is -2.58. The third-order valence-corrected chi connectivity index (χ3v) is 3.24. The Balaban J connectivity index is 2.09. The Morgan fingerprint density at radius 3 is 2.80 bits per heavy atom. The first-order valence-electron chi connectivity index (χ1n) is 5.95. The fourth-order valence-corrected chi connectivity index (χ4v) is 2.22. The molecule has 0 saturated carbocycles. The van der Waals surface area contributed by atoms with Crippen LogP contribution < -0.4 is 16.1 Å². The molecule has 7 nitrogen and oxygen atoms in total. The van der Waals surface area contributed by atoms with Gasteiger partial charge in [0.05, 0.1) is 30.3 Å². The third-order valence-electron chi connectivity index (χ3n) is 3.24. The van der Waals surface area contributed by atoms with Crippen molar-refractivity contribution in [3.8, 4) is 0 Å². The van der Waals surface area contributed by atoms with Crippen LogP contribution in [-0.4, -0.2) is 30.7 Å². The quantitative estimate of drug-likeness (QED) is 0.645. The number of carbonyl (C=O) groups excluding carboxylic acids is 2. The van der Waals surface area contributed by atoms with Crippen LogP contribution in [0.1, 0.15) is 0 Å². The highest BCUT2D eigenvalue weighted by molar-refractivity contribution is 6.23. The smallest absolute Gasteiger partial charge is 0.338 e. The van der Waals surface area contributed by atoms with Gasteiger partial charge in [0.2, 0.25) is 0 Å². The van der Waals surface area contributed by atoms with Gasteiger partial charge >= 0.3 is 5.97 Å². The first-order chi connectivity index (χ1) is 9.67. The van der Waals surface area contributed by atoms with E-state index in [4.69, 9.17) is 4.74 Å². The second-order valence-electron chi connectivity index (χ2n) is 4.37. The van der Waals surface area contributed by atoms with Crippen LogP contribution in [0.2, 0.25) is 0 Å². The molecule has 0 fully saturated rings. The number of para-hydroxylation sites is 2. The Morgan fingerprint density at radius 2 is 2.05 bits per heavy atom. The summed E-state index contributed by atoms with van der Waals surface area (Å²) in [5.74, 6) is -0.996. The second kappa shape index (κ2) is 4.37. The highest BCUT2D eigenvalue weighted by atomic mass is 16.5. The van der Waals surface area contributed by atoms with E-state index in [0.717, 1.165) is 0 Å². The monoisotopic (exact) mass is 272 g/mol. The summed E-state index contributed by atoms with van der Waals surface area (Å²) in [6, 6.07) is 7.22. The molecule has 7 heteroatoms. The van der Waals surface area contributed by atoms with Gasteiger partial charge in [0.25, 0.3) is 5.91 Å². The fourth-order valence-electron chi connectivity index (χ4n) is 2.22. The minimum absolute atomic E-state index is 0.141. The number of esters is 1. The number of methoxy groups -OCH3 is 1. The van der Waals surface area contributed by atoms with Gasteiger partial charge in [-0.3, -0.25) is 10.2 Å². The number of amides is 1. The molecule has 0 aromatic heterocycles. The van der Waals surface area contributed by atoms with E-state index in [2.05, 4.69) is 21.2 Å². The Labute approximate surface area is 114 Å². The van der Waals surface area contributed by atoms with Crippen molar-refractivity contribution >= 4 is 29.5 Å². The van der Waals surface area contributed by atoms with Crippen LogP contribution in [-0.2, 0) is 14.3 Å². The molecule has 0 aliphatic carbocycles. The summed E-state index contributed by atoms with van der Waals surface area (Å²) >= 11 is 0. The molecule has 0 radical (unpaired) electrons. The number of fused-ring (bicyclic) bond motifs is 1. The third kappa shape index (κ3) is 1.63. The molecule has 3 N–H and O–H groups in total. The first kappa shape index (κ1) is 12.2. The summed E-state index contributed by atoms with van der Waals surface area (Å²) in [6.45, 7) is 0. The minimum Gasteiger partial charge on any atom is -0.466 e. The minimum atomic E-state index is -1.37. The van der Waals surface area contributed by atoms with E-state index >= 15 is 0 Å². The largest absolute Gasteiger partial charge is 0.466 e. The number of carbonyl (C=O) groups is 2. The Hall–Kier alpha value is -2.83. The summed E-state index contributed by atoms with van der Waals surface area (Å²) in [7, 11) is 1.26. The number of nitrogens with one attached hydrogen (secondary N) is 3. The molecule has 102 valence electrons. The molecular weight excluding hydrogens is 260 g/mol. The molecule has 0 bridgehead atoms. The molecule has 1 unspecified atom stereocenters. The fraction of sp³-hybridized carbons (Fsp3) is 0.154. The maximum absolute atomic E-state index is 12.4. The summed E-state index contributed by atoms with van der Waals surface area (Å²) in [4.78, 5) is 24.3. The molecule has 1 spiro atoms. The average Bonchev–Trinajstić information content (AvgIpc) is 2.48. The first-order valence-corrected chi connectivity index (χ1v) is 5.95. The molecule has 2 heterocycles. The van der Waals surface area contributed by atoms with Crippen molar-refractivity contribution < 1.29 is 14.3 Å². The zero-order valence-electron chi connectivity index (χ0n) is 10.6. The molecule has 20 heavy (non-hydrogen) atoms. The van der Waals surface area contributed by atoms with Crippen molar-refractivity contribution in [2.45, 2.75) is 5.54 Å². The number of rotatable bonds is 1. The number of hydrogen-bond acceptors (Lipinski definition) is 6. The summed E-state index contributed by atoms with van der Waals surface area (Å²) < 4.78 is 4.72. The topological polar surface area (TPSA) is 91.8 Å². The van der Waals surface area contributed by atoms with Crippen molar-refractivity contribution in [3.05, 3.63) is 36.0 Å². The second-order valence-corrected chi connectivity index (χ2v) is 4.37. The van der Waals surface area contributed by atoms with Crippen LogP contribution in [0.15, 0.2) is 41.1 Å². The SMILES string of the molecule is COC(=O)C1=CNN=CC12Nc1ccccc1NC2=O. The van der Waals surface area contributed by atoms with Gasteiger partial charge in [0.1, 0.15) is 0 Å². The molecule has 2 aliphatic rings. The summed E-state index contributed by atoms with van der Waals surface area (Å²) in [6.07, 6.45) is 2.71. The number of nitrogens with zero attached hydrogens (tertiary/aromatic N) is 1. The van der Waals surface area contributed by atoms with Gasteiger partial charge in [0, 0.05) is 6.20 Å². The van der Waals surface area contributed by atoms with E-state index in [1.807, 2.05) is 12.1 Å². The van der Waals surface area contributed by atoms with Crippen LogP contribution in [0.4, 0.5) is 11.4 Å². The molecular formula is C13H12N4O3. The highest BCUT2D eigenvalue weighted by Crippen LogP contribution is 2.34. The maximum Gasteiger partial charge on any atom is 0.338 e. The van der Waals surface area contributed by atoms with Crippen LogP contribution in [0.25, 0.3) is 0 Å². The molecule has 1 amide bonds. The van der Waals surface area contributed by atoms with E-state index in [9.17, 15) is 9.59 Å². The zero-order chi connectivity index (χ0) is 14.2. The normalized spacial score (nSPS) is 23.1. The van der Waals surface area contributed by atoms with Gasteiger partial charge in [-0.2, -0.15) is 5.10 Å². The van der Waals surface area contributed by atoms with Crippen molar-refractivity contribution in [1.29, 1.82) is 0 Å². The van der Waals surface area contributed by atoms with Crippen molar-refractivity contribution in [2.24, 2.45) is 5.10 Å². The lowest BCUT2D eigenvalue weighted by molar-refractivity contribution is -0.137. The van der Waals surface area contributed by atoms with Crippen molar-refractivity contribution in [1.82, 2.24) is 5.43 Å². The predicted molar refractivity (Wildman–Crippen MR) is 73.2 cm³/mol. The summed E-state index contributed by atoms with van der Waals surface area (Å²) in [5.41, 5.74) is 2.68. The van der Waals surface area contributed by atoms with Gasteiger partial charge < -0.3 is 15.4 Å². The van der Waals surface area contributed by atoms with Crippen LogP contribution in [0.5, 0.6) is 0 Å². The molecule has 1 atom stereocenters. The van der Waals surface area contributed by atoms with E-state index in [1.54, 1.807) is 12.1 Å². The molecule has 1 aromatic carbocycles. The van der Waals surface area contributed by atoms with Gasteiger partial charge in [-0.1, -0.05) is 12.1 Å². The number of hydrazone groups is 1. The van der Waals surface area contributed by atoms with Crippen LogP contribution >= 0.6 is 0 Å². The highest BCUT2D eigenvalue weighted by Gasteiger charge is 2.48. The van der Waals surface area contributed by atoms with E-state index in [1.165, 1.54) is 19.5 Å². The number of ether oxygens (including phenoxy) is 1. The van der Waals surface area contributed by atoms with Gasteiger partial charge in [-0.05, 0) is 12.1 Å². The lowest BCUT2D eigenvalue weighted by atomic mass is 9.87. The molecule has 3 rings (SSSR count).